The fourth-order valence-corrected chi connectivity index (χ4v) is 1.88. The van der Waals surface area contributed by atoms with Crippen LogP contribution in [-0.2, 0) is 4.74 Å². The van der Waals surface area contributed by atoms with E-state index in [1.54, 1.807) is 6.20 Å². The zero-order valence-electron chi connectivity index (χ0n) is 12.0. The summed E-state index contributed by atoms with van der Waals surface area (Å²) in [6, 6.07) is 15.3. The maximum atomic E-state index is 11.7. The number of rotatable bonds is 6. The topological polar surface area (TPSA) is 63.2 Å². The van der Waals surface area contributed by atoms with E-state index in [1.807, 2.05) is 55.5 Å². The first-order valence-electron chi connectivity index (χ1n) is 6.94. The molecule has 2 aromatic rings. The van der Waals surface area contributed by atoms with Gasteiger partial charge in [0.05, 0.1) is 6.54 Å². The second-order valence-electron chi connectivity index (χ2n) is 4.43. The highest BCUT2D eigenvalue weighted by molar-refractivity contribution is 5.67. The maximum Gasteiger partial charge on any atom is 0.407 e. The van der Waals surface area contributed by atoms with E-state index in [0.29, 0.717) is 13.1 Å². The van der Waals surface area contributed by atoms with Crippen LogP contribution in [0, 0.1) is 0 Å². The molecule has 110 valence electrons. The summed E-state index contributed by atoms with van der Waals surface area (Å²) in [6.45, 7) is 2.84. The Kier molecular flexibility index (Phi) is 5.58. The first-order valence-corrected chi connectivity index (χ1v) is 6.94. The molecule has 0 aliphatic carbocycles. The number of pyridine rings is 1. The molecule has 5 nitrogen and oxygen atoms in total. The molecule has 5 heteroatoms. The van der Waals surface area contributed by atoms with E-state index < -0.39 is 6.09 Å². The molecule has 21 heavy (non-hydrogen) atoms. The molecule has 1 amide bonds. The minimum Gasteiger partial charge on any atom is -0.439 e. The Bertz CT molecular complexity index is 546. The van der Waals surface area contributed by atoms with Crippen molar-refractivity contribution in [2.24, 2.45) is 0 Å². The highest BCUT2D eigenvalue weighted by Gasteiger charge is 2.16. The standard InChI is InChI=1S/C16H19N3O2/c1-2-17-16(20)21-14(13-8-4-3-5-9-13)12-19-15-10-6-7-11-18-15/h3-11,14H,2,12H2,1H3,(H,17,20)(H,18,19). The number of nitrogens with zero attached hydrogens (tertiary/aromatic N) is 1. The Balaban J connectivity index is 2.03. The van der Waals surface area contributed by atoms with E-state index in [4.69, 9.17) is 4.74 Å². The summed E-state index contributed by atoms with van der Waals surface area (Å²) in [4.78, 5) is 15.9. The lowest BCUT2D eigenvalue weighted by molar-refractivity contribution is 0.104. The second kappa shape index (κ2) is 7.89. The third-order valence-corrected chi connectivity index (χ3v) is 2.88. The van der Waals surface area contributed by atoms with Crippen molar-refractivity contribution in [2.45, 2.75) is 13.0 Å². The predicted octanol–water partition coefficient (Wildman–Crippen LogP) is 2.98. The van der Waals surface area contributed by atoms with Crippen LogP contribution in [0.25, 0.3) is 0 Å². The molecular formula is C16H19N3O2. The van der Waals surface area contributed by atoms with Crippen molar-refractivity contribution in [2.75, 3.05) is 18.4 Å². The van der Waals surface area contributed by atoms with Gasteiger partial charge in [0.1, 0.15) is 11.9 Å². The first kappa shape index (κ1) is 14.8. The third kappa shape index (κ3) is 4.80. The van der Waals surface area contributed by atoms with Gasteiger partial charge in [-0.15, -0.1) is 0 Å². The molecule has 0 aliphatic rings. The summed E-state index contributed by atoms with van der Waals surface area (Å²) in [7, 11) is 0. The molecule has 2 N–H and O–H groups in total. The van der Waals surface area contributed by atoms with Gasteiger partial charge in [-0.1, -0.05) is 36.4 Å². The van der Waals surface area contributed by atoms with Crippen molar-refractivity contribution in [1.29, 1.82) is 0 Å². The van der Waals surface area contributed by atoms with Crippen LogP contribution in [0.5, 0.6) is 0 Å². The Hall–Kier alpha value is -2.56. The molecule has 0 saturated carbocycles. The molecule has 0 saturated heterocycles. The quantitative estimate of drug-likeness (QED) is 0.856. The summed E-state index contributed by atoms with van der Waals surface area (Å²) in [6.07, 6.45) is 0.916. The number of carbonyl (C=O) groups is 1. The van der Waals surface area contributed by atoms with Crippen molar-refractivity contribution < 1.29 is 9.53 Å². The van der Waals surface area contributed by atoms with Gasteiger partial charge >= 0.3 is 6.09 Å². The average molecular weight is 285 g/mol. The Morgan fingerprint density at radius 2 is 1.95 bits per heavy atom. The fraction of sp³-hybridized carbons (Fsp3) is 0.250. The van der Waals surface area contributed by atoms with Crippen molar-refractivity contribution in [3.63, 3.8) is 0 Å². The van der Waals surface area contributed by atoms with E-state index >= 15 is 0 Å². The van der Waals surface area contributed by atoms with Crippen LogP contribution < -0.4 is 10.6 Å². The molecule has 0 fully saturated rings. The summed E-state index contributed by atoms with van der Waals surface area (Å²) in [5, 5.41) is 5.81. The minimum atomic E-state index is -0.422. The van der Waals surface area contributed by atoms with E-state index in [9.17, 15) is 4.79 Å². The van der Waals surface area contributed by atoms with Crippen LogP contribution >= 0.6 is 0 Å². The van der Waals surface area contributed by atoms with Crippen LogP contribution in [0.15, 0.2) is 54.7 Å². The molecule has 2 rings (SSSR count). The lowest BCUT2D eigenvalue weighted by atomic mass is 10.1. The monoisotopic (exact) mass is 285 g/mol. The molecule has 0 bridgehead atoms. The molecule has 0 spiro atoms. The Labute approximate surface area is 124 Å². The molecule has 0 radical (unpaired) electrons. The SMILES string of the molecule is CCNC(=O)OC(CNc1ccccn1)c1ccccc1. The number of carbonyl (C=O) groups excluding carboxylic acids is 1. The number of hydrogen-bond acceptors (Lipinski definition) is 4. The number of ether oxygens (including phenoxy) is 1. The maximum absolute atomic E-state index is 11.7. The number of aromatic nitrogens is 1. The van der Waals surface area contributed by atoms with E-state index in [-0.39, 0.29) is 6.10 Å². The molecule has 0 aliphatic heterocycles. The van der Waals surface area contributed by atoms with Crippen molar-refractivity contribution in [1.82, 2.24) is 10.3 Å². The number of amides is 1. The van der Waals surface area contributed by atoms with E-state index in [1.165, 1.54) is 0 Å². The molecule has 1 aromatic heterocycles. The Morgan fingerprint density at radius 1 is 1.19 bits per heavy atom. The van der Waals surface area contributed by atoms with Gasteiger partial charge in [0.15, 0.2) is 0 Å². The molecule has 1 atom stereocenters. The van der Waals surface area contributed by atoms with Crippen LogP contribution in [0.4, 0.5) is 10.6 Å². The number of benzene rings is 1. The van der Waals surface area contributed by atoms with Gasteiger partial charge in [-0.3, -0.25) is 0 Å². The average Bonchev–Trinajstić information content (AvgIpc) is 2.53. The van der Waals surface area contributed by atoms with Crippen LogP contribution in [-0.4, -0.2) is 24.2 Å². The second-order valence-corrected chi connectivity index (χ2v) is 4.43. The predicted molar refractivity (Wildman–Crippen MR) is 82.1 cm³/mol. The summed E-state index contributed by atoms with van der Waals surface area (Å²) >= 11 is 0. The number of anilines is 1. The summed E-state index contributed by atoms with van der Waals surface area (Å²) < 4.78 is 5.46. The van der Waals surface area contributed by atoms with Crippen LogP contribution in [0.2, 0.25) is 0 Å². The van der Waals surface area contributed by atoms with E-state index in [2.05, 4.69) is 15.6 Å². The van der Waals surface area contributed by atoms with Gasteiger partial charge < -0.3 is 15.4 Å². The summed E-state index contributed by atoms with van der Waals surface area (Å²) in [5.74, 6) is 0.748. The van der Waals surface area contributed by atoms with Gasteiger partial charge in [-0.25, -0.2) is 9.78 Å². The van der Waals surface area contributed by atoms with Gasteiger partial charge in [0.25, 0.3) is 0 Å². The number of alkyl carbamates (subject to hydrolysis) is 1. The highest BCUT2D eigenvalue weighted by atomic mass is 16.6. The lowest BCUT2D eigenvalue weighted by Gasteiger charge is -2.19. The lowest BCUT2D eigenvalue weighted by Crippen LogP contribution is -2.28. The smallest absolute Gasteiger partial charge is 0.407 e. The third-order valence-electron chi connectivity index (χ3n) is 2.88. The Morgan fingerprint density at radius 3 is 2.62 bits per heavy atom. The molecule has 1 heterocycles. The fourth-order valence-electron chi connectivity index (χ4n) is 1.88. The summed E-state index contributed by atoms with van der Waals surface area (Å²) in [5.41, 5.74) is 0.937. The van der Waals surface area contributed by atoms with Crippen LogP contribution in [0.1, 0.15) is 18.6 Å². The van der Waals surface area contributed by atoms with Crippen molar-refractivity contribution in [3.8, 4) is 0 Å². The zero-order valence-corrected chi connectivity index (χ0v) is 12.0. The van der Waals surface area contributed by atoms with Crippen molar-refractivity contribution >= 4 is 11.9 Å². The number of nitrogens with one attached hydrogen (secondary N) is 2. The van der Waals surface area contributed by atoms with Gasteiger partial charge in [-0.05, 0) is 24.6 Å². The highest BCUT2D eigenvalue weighted by Crippen LogP contribution is 2.18. The van der Waals surface area contributed by atoms with Gasteiger partial charge in [-0.2, -0.15) is 0 Å². The number of hydrogen-bond donors (Lipinski definition) is 2. The zero-order chi connectivity index (χ0) is 14.9. The molecule has 1 aromatic carbocycles. The first-order chi connectivity index (χ1) is 10.3. The van der Waals surface area contributed by atoms with Gasteiger partial charge in [0, 0.05) is 12.7 Å². The normalized spacial score (nSPS) is 11.5. The van der Waals surface area contributed by atoms with Crippen LogP contribution in [0.3, 0.4) is 0 Å². The van der Waals surface area contributed by atoms with E-state index in [0.717, 1.165) is 11.4 Å². The van der Waals surface area contributed by atoms with Gasteiger partial charge in [0.2, 0.25) is 0 Å². The molecular weight excluding hydrogens is 266 g/mol. The largest absolute Gasteiger partial charge is 0.439 e. The molecule has 1 unspecified atom stereocenters. The van der Waals surface area contributed by atoms with Crippen molar-refractivity contribution in [3.05, 3.63) is 60.3 Å². The minimum absolute atomic E-state index is 0.375.